The zero-order valence-electron chi connectivity index (χ0n) is 33.9. The number of rotatable bonds is 9. The van der Waals surface area contributed by atoms with Crippen molar-refractivity contribution >= 4 is 45.4 Å². The Labute approximate surface area is 350 Å². The predicted octanol–water partition coefficient (Wildman–Crippen LogP) is 9.66. The number of nitrogens with zero attached hydrogens (tertiary/aromatic N) is 5. The number of aromatic nitrogens is 3. The molecular formula is C50H49N5O3S. The molecule has 0 N–H and O–H groups in total. The molecule has 2 unspecified atom stereocenters. The van der Waals surface area contributed by atoms with E-state index in [0.29, 0.717) is 23.9 Å². The van der Waals surface area contributed by atoms with Crippen molar-refractivity contribution in [3.05, 3.63) is 161 Å². The third-order valence-corrected chi connectivity index (χ3v) is 12.4. The number of amides is 2. The minimum atomic E-state index is 0.0716. The van der Waals surface area contributed by atoms with E-state index in [0.717, 1.165) is 67.4 Å². The number of ether oxygens (including phenoxy) is 1. The van der Waals surface area contributed by atoms with Crippen molar-refractivity contribution in [1.82, 2.24) is 23.9 Å². The van der Waals surface area contributed by atoms with Crippen LogP contribution < -0.4 is 4.74 Å². The highest BCUT2D eigenvalue weighted by atomic mass is 32.2. The number of hydrogen-bond acceptors (Lipinski definition) is 5. The maximum absolute atomic E-state index is 13.0. The predicted molar refractivity (Wildman–Crippen MR) is 239 cm³/mol. The average Bonchev–Trinajstić information content (AvgIpc) is 4.10. The molecule has 2 saturated heterocycles. The summed E-state index contributed by atoms with van der Waals surface area (Å²) < 4.78 is 9.85. The number of carbonyl (C=O) groups excluding carboxylic acids is 2. The van der Waals surface area contributed by atoms with E-state index >= 15 is 0 Å². The lowest BCUT2D eigenvalue weighted by Crippen LogP contribution is -2.29. The van der Waals surface area contributed by atoms with Gasteiger partial charge in [-0.1, -0.05) is 72.1 Å². The van der Waals surface area contributed by atoms with Crippen LogP contribution in [0.3, 0.4) is 0 Å². The molecule has 3 aromatic heterocycles. The highest BCUT2D eigenvalue weighted by Gasteiger charge is 2.32. The number of likely N-dealkylation sites (tertiary alicyclic amines) is 2. The molecule has 8 nitrogen and oxygen atoms in total. The molecule has 0 aliphatic carbocycles. The van der Waals surface area contributed by atoms with Crippen LogP contribution in [0.25, 0.3) is 21.8 Å². The number of aryl methyl sites for hydroxylation is 1. The maximum atomic E-state index is 13.0. The lowest BCUT2D eigenvalue weighted by atomic mass is 9.98. The molecule has 2 aliphatic heterocycles. The largest absolute Gasteiger partial charge is 0.497 e. The first-order valence-corrected chi connectivity index (χ1v) is 21.4. The van der Waals surface area contributed by atoms with Crippen LogP contribution in [-0.4, -0.2) is 75.3 Å². The molecule has 2 fully saturated rings. The van der Waals surface area contributed by atoms with Gasteiger partial charge in [0.2, 0.25) is 0 Å². The molecule has 2 amide bonds. The molecular weight excluding hydrogens is 751 g/mol. The second-order valence-corrected chi connectivity index (χ2v) is 16.2. The first-order valence-electron chi connectivity index (χ1n) is 20.2. The molecule has 9 heteroatoms. The number of fused-ring (bicyclic) bond motifs is 2. The van der Waals surface area contributed by atoms with Crippen LogP contribution in [0.4, 0.5) is 0 Å². The summed E-state index contributed by atoms with van der Waals surface area (Å²) >= 11 is 1.51. The van der Waals surface area contributed by atoms with E-state index in [1.165, 1.54) is 50.3 Å². The normalized spacial score (nSPS) is 16.2. The van der Waals surface area contributed by atoms with Gasteiger partial charge in [0.25, 0.3) is 11.8 Å². The van der Waals surface area contributed by atoms with Crippen LogP contribution in [0.2, 0.25) is 0 Å². The van der Waals surface area contributed by atoms with Gasteiger partial charge in [0.15, 0.2) is 0 Å². The molecule has 5 heterocycles. The number of hydrogen-bond donors (Lipinski definition) is 0. The lowest BCUT2D eigenvalue weighted by Gasteiger charge is -2.17. The molecule has 4 aromatic carbocycles. The lowest BCUT2D eigenvalue weighted by molar-refractivity contribution is 0.0781. The molecule has 0 bridgehead atoms. The van der Waals surface area contributed by atoms with E-state index < -0.39 is 0 Å². The van der Waals surface area contributed by atoms with Crippen LogP contribution in [0, 0.1) is 19.3 Å². The van der Waals surface area contributed by atoms with Crippen molar-refractivity contribution in [1.29, 1.82) is 0 Å². The first-order chi connectivity index (χ1) is 28.8. The van der Waals surface area contributed by atoms with E-state index in [-0.39, 0.29) is 11.8 Å². The molecule has 2 aliphatic rings. The molecule has 59 heavy (non-hydrogen) atoms. The fourth-order valence-corrected chi connectivity index (χ4v) is 9.23. The smallest absolute Gasteiger partial charge is 0.256 e. The van der Waals surface area contributed by atoms with Gasteiger partial charge in [0.05, 0.1) is 19.2 Å². The summed E-state index contributed by atoms with van der Waals surface area (Å²) in [6, 6.07) is 36.7. The molecule has 2 atom stereocenters. The monoisotopic (exact) mass is 799 g/mol. The van der Waals surface area contributed by atoms with Crippen molar-refractivity contribution in [2.45, 2.75) is 49.7 Å². The van der Waals surface area contributed by atoms with Crippen LogP contribution in [0.1, 0.15) is 67.6 Å². The Morgan fingerprint density at radius 3 is 2.05 bits per heavy atom. The van der Waals surface area contributed by atoms with Crippen LogP contribution in [0.5, 0.6) is 5.75 Å². The van der Waals surface area contributed by atoms with E-state index in [9.17, 15) is 9.59 Å². The Hall–Kier alpha value is -6.24. The highest BCUT2D eigenvalue weighted by molar-refractivity contribution is 7.98. The number of para-hydroxylation sites is 2. The van der Waals surface area contributed by atoms with Crippen molar-refractivity contribution in [3.8, 4) is 18.1 Å². The fourth-order valence-electron chi connectivity index (χ4n) is 8.69. The highest BCUT2D eigenvalue weighted by Crippen LogP contribution is 2.36. The number of benzene rings is 4. The summed E-state index contributed by atoms with van der Waals surface area (Å²) in [5.74, 6) is 4.48. The van der Waals surface area contributed by atoms with E-state index in [1.54, 1.807) is 13.3 Å². The van der Waals surface area contributed by atoms with Gasteiger partial charge in [0, 0.05) is 90.5 Å². The molecule has 298 valence electrons. The van der Waals surface area contributed by atoms with Crippen molar-refractivity contribution < 1.29 is 14.3 Å². The fraction of sp³-hybridized carbons (Fsp3) is 0.260. The SMILES string of the molecule is C#CCn1cc(C2CCN(C(=O)c3cccnc3SC)C2)c2ccccc21.COc1cccc(Cn2cc(C3CCN(C(=O)c4ccc(C)cc4)C3)c3ccccc32)c1. The summed E-state index contributed by atoms with van der Waals surface area (Å²) in [6.07, 6.45) is 15.6. The topological polar surface area (TPSA) is 72.6 Å². The van der Waals surface area contributed by atoms with Crippen LogP contribution in [0.15, 0.2) is 133 Å². The van der Waals surface area contributed by atoms with Gasteiger partial charge >= 0.3 is 0 Å². The van der Waals surface area contributed by atoms with Gasteiger partial charge in [-0.3, -0.25) is 9.59 Å². The Balaban J connectivity index is 0.000000167. The second-order valence-electron chi connectivity index (χ2n) is 15.4. The van der Waals surface area contributed by atoms with Gasteiger partial charge in [-0.25, -0.2) is 4.98 Å². The quantitative estimate of drug-likeness (QED) is 0.108. The first kappa shape index (κ1) is 39.6. The molecule has 0 radical (unpaired) electrons. The minimum absolute atomic E-state index is 0.0716. The second kappa shape index (κ2) is 17.7. The molecule has 9 rings (SSSR count). The summed E-state index contributed by atoms with van der Waals surface area (Å²) in [5, 5.41) is 3.31. The third-order valence-electron chi connectivity index (χ3n) is 11.7. The van der Waals surface area contributed by atoms with Crippen molar-refractivity contribution in [2.24, 2.45) is 0 Å². The summed E-state index contributed by atoms with van der Waals surface area (Å²) in [6.45, 7) is 6.44. The van der Waals surface area contributed by atoms with Gasteiger partial charge in [-0.2, -0.15) is 0 Å². The Morgan fingerprint density at radius 2 is 1.41 bits per heavy atom. The van der Waals surface area contributed by atoms with Gasteiger partial charge < -0.3 is 23.7 Å². The third kappa shape index (κ3) is 8.37. The molecule has 0 spiro atoms. The molecule has 7 aromatic rings. The van der Waals surface area contributed by atoms with E-state index in [1.807, 2.05) is 77.6 Å². The molecule has 0 saturated carbocycles. The van der Waals surface area contributed by atoms with Crippen LogP contribution in [-0.2, 0) is 13.1 Å². The number of carbonyl (C=O) groups is 2. The number of pyridine rings is 1. The number of terminal acetylenes is 1. The number of methoxy groups -OCH3 is 1. The maximum Gasteiger partial charge on any atom is 0.256 e. The summed E-state index contributed by atoms with van der Waals surface area (Å²) in [4.78, 5) is 34.3. The standard InChI is InChI=1S/C28H28N2O2.C22H21N3OS/c1-20-10-12-22(13-11-20)28(31)29-15-14-23(18-29)26-19-30(27-9-4-3-8-25(26)27)17-21-6-5-7-24(16-21)32-2;1-3-12-24-15-19(17-7-4-5-9-20(17)24)16-10-13-25(14-16)22(26)18-8-6-11-23-21(18)27-2/h3-13,16,19,23H,14-15,17-18H2,1-2H3;1,4-9,11,15-16H,10,12-14H2,2H3. The summed E-state index contributed by atoms with van der Waals surface area (Å²) in [5.41, 5.74) is 8.86. The average molecular weight is 800 g/mol. The van der Waals surface area contributed by atoms with E-state index in [4.69, 9.17) is 11.2 Å². The Kier molecular flexibility index (Phi) is 11.9. The Bertz CT molecular complexity index is 2660. The van der Waals surface area contributed by atoms with Crippen LogP contribution >= 0.6 is 11.8 Å². The Morgan fingerprint density at radius 1 is 0.780 bits per heavy atom. The summed E-state index contributed by atoms with van der Waals surface area (Å²) in [7, 11) is 1.70. The van der Waals surface area contributed by atoms with Gasteiger partial charge in [0.1, 0.15) is 10.8 Å². The van der Waals surface area contributed by atoms with Gasteiger partial charge in [-0.15, -0.1) is 18.2 Å². The van der Waals surface area contributed by atoms with Gasteiger partial charge in [-0.05, 0) is 91.2 Å². The van der Waals surface area contributed by atoms with Crippen molar-refractivity contribution in [3.63, 3.8) is 0 Å². The number of thioether (sulfide) groups is 1. The zero-order valence-corrected chi connectivity index (χ0v) is 34.7. The minimum Gasteiger partial charge on any atom is -0.497 e. The zero-order chi connectivity index (χ0) is 40.9. The van der Waals surface area contributed by atoms with E-state index in [2.05, 4.69) is 87.0 Å². The van der Waals surface area contributed by atoms with Crippen molar-refractivity contribution in [2.75, 3.05) is 39.5 Å².